The fourth-order valence-electron chi connectivity index (χ4n) is 2.73. The van der Waals surface area contributed by atoms with Crippen molar-refractivity contribution in [3.05, 3.63) is 62.6 Å². The van der Waals surface area contributed by atoms with E-state index in [4.69, 9.17) is 0 Å². The first-order valence-corrected chi connectivity index (χ1v) is 9.69. The topological polar surface area (TPSA) is 117 Å². The second-order valence-electron chi connectivity index (χ2n) is 5.77. The predicted molar refractivity (Wildman–Crippen MR) is 110 cm³/mol. The number of fused-ring (bicyclic) bond motifs is 1. The van der Waals surface area contributed by atoms with E-state index in [0.29, 0.717) is 22.1 Å². The van der Waals surface area contributed by atoms with E-state index >= 15 is 0 Å². The van der Waals surface area contributed by atoms with Crippen molar-refractivity contribution in [1.29, 1.82) is 0 Å². The van der Waals surface area contributed by atoms with Gasteiger partial charge in [-0.3, -0.25) is 24.6 Å². The summed E-state index contributed by atoms with van der Waals surface area (Å²) in [6, 6.07) is 11.1. The molecule has 2 aromatic rings. The lowest BCUT2D eigenvalue weighted by molar-refractivity contribution is -0.384. The molecule has 0 bridgehead atoms. The molecule has 2 aromatic carbocycles. The summed E-state index contributed by atoms with van der Waals surface area (Å²) >= 11 is 4.54. The molecule has 9 nitrogen and oxygen atoms in total. The largest absolute Gasteiger partial charge is 0.320 e. The molecule has 0 aromatic heterocycles. The number of nitrogens with zero attached hydrogens (tertiary/aromatic N) is 4. The Labute approximate surface area is 170 Å². The third-order valence-electron chi connectivity index (χ3n) is 4.02. The zero-order valence-electron chi connectivity index (χ0n) is 14.0. The maximum absolute atomic E-state index is 12.3. The van der Waals surface area contributed by atoms with Gasteiger partial charge in [-0.1, -0.05) is 27.7 Å². The molecule has 1 fully saturated rings. The molecular formula is C17H10BrN5O4S. The summed E-state index contributed by atoms with van der Waals surface area (Å²) in [5, 5.41) is 22.0. The van der Waals surface area contributed by atoms with Crippen molar-refractivity contribution in [1.82, 2.24) is 0 Å². The Morgan fingerprint density at radius 3 is 2.61 bits per heavy atom. The monoisotopic (exact) mass is 459 g/mol. The molecule has 28 heavy (non-hydrogen) atoms. The number of amides is 2. The first-order valence-electron chi connectivity index (χ1n) is 7.91. The number of halogens is 1. The number of benzene rings is 2. The molecule has 2 aliphatic heterocycles. The molecule has 0 radical (unpaired) electrons. The van der Waals surface area contributed by atoms with Gasteiger partial charge in [0.2, 0.25) is 5.91 Å². The molecule has 0 atom stereocenters. The Morgan fingerprint density at radius 1 is 1.14 bits per heavy atom. The molecule has 1 N–H and O–H groups in total. The van der Waals surface area contributed by atoms with Crippen LogP contribution < -0.4 is 10.2 Å². The van der Waals surface area contributed by atoms with Crippen molar-refractivity contribution in [3.8, 4) is 0 Å². The second kappa shape index (κ2) is 7.17. The summed E-state index contributed by atoms with van der Waals surface area (Å²) in [6.07, 6.45) is 0. The fraction of sp³-hybridized carbons (Fsp3) is 0.0588. The van der Waals surface area contributed by atoms with Gasteiger partial charge in [0.05, 0.1) is 22.1 Å². The summed E-state index contributed by atoms with van der Waals surface area (Å²) in [4.78, 5) is 36.3. The summed E-state index contributed by atoms with van der Waals surface area (Å²) in [5.74, 6) is -0.462. The molecule has 0 saturated carbocycles. The normalized spacial score (nSPS) is 18.7. The fourth-order valence-corrected chi connectivity index (χ4v) is 3.81. The van der Waals surface area contributed by atoms with Gasteiger partial charge >= 0.3 is 0 Å². The van der Waals surface area contributed by atoms with Crippen LogP contribution in [0.2, 0.25) is 0 Å². The lowest BCUT2D eigenvalue weighted by Gasteiger charge is -2.15. The van der Waals surface area contributed by atoms with E-state index in [1.807, 2.05) is 0 Å². The smallest absolute Gasteiger partial charge is 0.276 e. The van der Waals surface area contributed by atoms with Crippen LogP contribution >= 0.6 is 27.7 Å². The van der Waals surface area contributed by atoms with Crippen molar-refractivity contribution >= 4 is 67.4 Å². The van der Waals surface area contributed by atoms with E-state index in [0.717, 1.165) is 4.47 Å². The standard InChI is InChI=1S/C17H10BrN5O4S/c18-9-1-3-10(4-2-9)22-14(24)8-28-17(22)21-20-15-12-7-11(23(26)27)5-6-13(12)19-16(15)25/h1-7H,8H2,(H,19,20,25)/b21-17+. The number of amidine groups is 1. The van der Waals surface area contributed by atoms with Gasteiger partial charge in [-0.15, -0.1) is 10.2 Å². The number of carbonyl (C=O) groups is 2. The minimum atomic E-state index is -0.548. The van der Waals surface area contributed by atoms with Gasteiger partial charge in [-0.25, -0.2) is 0 Å². The number of hydrogen-bond donors (Lipinski definition) is 1. The van der Waals surface area contributed by atoms with Crippen LogP contribution in [0.4, 0.5) is 17.1 Å². The Hall–Kier alpha value is -3.05. The maximum Gasteiger partial charge on any atom is 0.276 e. The van der Waals surface area contributed by atoms with E-state index in [-0.39, 0.29) is 23.1 Å². The van der Waals surface area contributed by atoms with Crippen LogP contribution in [0, 0.1) is 10.1 Å². The highest BCUT2D eigenvalue weighted by Crippen LogP contribution is 2.30. The summed E-state index contributed by atoms with van der Waals surface area (Å²) in [6.45, 7) is 0. The third kappa shape index (κ3) is 3.29. The Bertz CT molecular complexity index is 1080. The number of nitro benzene ring substituents is 1. The quantitative estimate of drug-likeness (QED) is 0.558. The first-order chi connectivity index (χ1) is 13.4. The Morgan fingerprint density at radius 2 is 1.89 bits per heavy atom. The number of non-ortho nitro benzene ring substituents is 1. The summed E-state index contributed by atoms with van der Waals surface area (Å²) in [5.41, 5.74) is 1.16. The minimum absolute atomic E-state index is 0.0399. The molecule has 0 aliphatic carbocycles. The summed E-state index contributed by atoms with van der Waals surface area (Å²) < 4.78 is 0.870. The van der Waals surface area contributed by atoms with Crippen LogP contribution in [0.25, 0.3) is 0 Å². The first kappa shape index (κ1) is 18.3. The molecule has 11 heteroatoms. The van der Waals surface area contributed by atoms with E-state index in [9.17, 15) is 19.7 Å². The SMILES string of the molecule is O=C1Nc2ccc([N+](=O)[O-])cc2/C1=N/N=C1/SCC(=O)N1c1ccc(Br)cc1. The maximum atomic E-state index is 12.3. The lowest BCUT2D eigenvalue weighted by atomic mass is 10.1. The molecule has 0 spiro atoms. The van der Waals surface area contributed by atoms with Crippen LogP contribution in [-0.4, -0.2) is 33.4 Å². The van der Waals surface area contributed by atoms with Crippen molar-refractivity contribution < 1.29 is 14.5 Å². The number of hydrogen-bond acceptors (Lipinski definition) is 7. The van der Waals surface area contributed by atoms with Gasteiger partial charge in [0.25, 0.3) is 11.6 Å². The lowest BCUT2D eigenvalue weighted by Crippen LogP contribution is -2.29. The number of nitro groups is 1. The van der Waals surface area contributed by atoms with Crippen LogP contribution in [0.3, 0.4) is 0 Å². The highest BCUT2D eigenvalue weighted by Gasteiger charge is 2.31. The van der Waals surface area contributed by atoms with Crippen molar-refractivity contribution in [2.75, 3.05) is 16.0 Å². The number of carbonyl (C=O) groups excluding carboxylic acids is 2. The molecule has 140 valence electrons. The van der Waals surface area contributed by atoms with Crippen LogP contribution in [0.5, 0.6) is 0 Å². The average molecular weight is 460 g/mol. The van der Waals surface area contributed by atoms with Crippen molar-refractivity contribution in [3.63, 3.8) is 0 Å². The molecule has 1 saturated heterocycles. The van der Waals surface area contributed by atoms with Gasteiger partial charge in [0.15, 0.2) is 10.9 Å². The predicted octanol–water partition coefficient (Wildman–Crippen LogP) is 3.15. The third-order valence-corrected chi connectivity index (χ3v) is 5.46. The Kier molecular flexibility index (Phi) is 4.69. The molecular weight excluding hydrogens is 450 g/mol. The van der Waals surface area contributed by atoms with Crippen LogP contribution in [-0.2, 0) is 9.59 Å². The molecule has 4 rings (SSSR count). The van der Waals surface area contributed by atoms with Gasteiger partial charge < -0.3 is 5.32 Å². The number of nitrogens with one attached hydrogen (secondary N) is 1. The summed E-state index contributed by atoms with van der Waals surface area (Å²) in [7, 11) is 0. The highest BCUT2D eigenvalue weighted by atomic mass is 79.9. The van der Waals surface area contributed by atoms with E-state index in [2.05, 4.69) is 31.4 Å². The number of rotatable bonds is 3. The van der Waals surface area contributed by atoms with E-state index in [1.165, 1.54) is 34.9 Å². The van der Waals surface area contributed by atoms with E-state index < -0.39 is 10.8 Å². The highest BCUT2D eigenvalue weighted by molar-refractivity contribution is 9.10. The Balaban J connectivity index is 1.71. The molecule has 0 unspecified atom stereocenters. The average Bonchev–Trinajstić information content (AvgIpc) is 3.19. The second-order valence-corrected chi connectivity index (χ2v) is 7.62. The number of anilines is 2. The van der Waals surface area contributed by atoms with Crippen LogP contribution in [0.15, 0.2) is 57.1 Å². The molecule has 2 aliphatic rings. The zero-order chi connectivity index (χ0) is 19.8. The van der Waals surface area contributed by atoms with Gasteiger partial charge in [0, 0.05) is 22.2 Å². The molecule has 2 amide bonds. The van der Waals surface area contributed by atoms with Gasteiger partial charge in [-0.2, -0.15) is 0 Å². The van der Waals surface area contributed by atoms with Crippen molar-refractivity contribution in [2.45, 2.75) is 0 Å². The van der Waals surface area contributed by atoms with Gasteiger partial charge in [-0.05, 0) is 30.3 Å². The van der Waals surface area contributed by atoms with Crippen LogP contribution in [0.1, 0.15) is 5.56 Å². The van der Waals surface area contributed by atoms with Gasteiger partial charge in [0.1, 0.15) is 0 Å². The van der Waals surface area contributed by atoms with Crippen molar-refractivity contribution in [2.24, 2.45) is 10.2 Å². The molecule has 2 heterocycles. The zero-order valence-corrected chi connectivity index (χ0v) is 16.4. The minimum Gasteiger partial charge on any atom is -0.320 e. The van der Waals surface area contributed by atoms with E-state index in [1.54, 1.807) is 24.3 Å². The number of thioether (sulfide) groups is 1.